The lowest BCUT2D eigenvalue weighted by Gasteiger charge is -2.19. The summed E-state index contributed by atoms with van der Waals surface area (Å²) in [7, 11) is -3.43. The molecule has 2 rings (SSSR count). The van der Waals surface area contributed by atoms with E-state index < -0.39 is 10.0 Å². The Kier molecular flexibility index (Phi) is 6.27. The van der Waals surface area contributed by atoms with E-state index in [9.17, 15) is 13.2 Å². The number of benzene rings is 1. The highest BCUT2D eigenvalue weighted by Crippen LogP contribution is 2.14. The molecule has 0 fully saturated rings. The zero-order valence-electron chi connectivity index (χ0n) is 14.7. The van der Waals surface area contributed by atoms with Gasteiger partial charge in [-0.05, 0) is 49.2 Å². The van der Waals surface area contributed by atoms with Crippen LogP contribution in [0.4, 0.5) is 5.69 Å². The summed E-state index contributed by atoms with van der Waals surface area (Å²) in [4.78, 5) is 16.3. The van der Waals surface area contributed by atoms with Gasteiger partial charge in [0.15, 0.2) is 0 Å². The van der Waals surface area contributed by atoms with Gasteiger partial charge in [0, 0.05) is 24.8 Å². The molecule has 1 heterocycles. The molecule has 0 spiro atoms. The molecule has 1 N–H and O–H groups in total. The molecule has 2 aromatic rings. The number of hydrogen-bond acceptors (Lipinski definition) is 4. The maximum Gasteiger partial charge on any atom is 0.225 e. The Morgan fingerprint density at radius 3 is 2.40 bits per heavy atom. The number of carbonyl (C=O) groups excluding carboxylic acids is 1. The predicted molar refractivity (Wildman–Crippen MR) is 98.7 cm³/mol. The van der Waals surface area contributed by atoms with E-state index in [2.05, 4.69) is 10.3 Å². The summed E-state index contributed by atoms with van der Waals surface area (Å²) in [5, 5.41) is 2.82. The predicted octanol–water partition coefficient (Wildman–Crippen LogP) is 2.49. The molecule has 0 aliphatic heterocycles. The van der Waals surface area contributed by atoms with Crippen LogP contribution >= 0.6 is 0 Å². The van der Waals surface area contributed by atoms with Gasteiger partial charge in [-0.1, -0.05) is 12.1 Å². The van der Waals surface area contributed by atoms with Crippen LogP contribution in [0.5, 0.6) is 0 Å². The molecule has 0 radical (unpaired) electrons. The van der Waals surface area contributed by atoms with Crippen LogP contribution in [-0.4, -0.2) is 36.4 Å². The molecule has 134 valence electrons. The summed E-state index contributed by atoms with van der Waals surface area (Å²) in [6.07, 6.45) is 2.83. The minimum Gasteiger partial charge on any atom is -0.326 e. The molecule has 1 amide bonds. The Morgan fingerprint density at radius 2 is 1.84 bits per heavy atom. The number of aryl methyl sites for hydroxylation is 2. The van der Waals surface area contributed by atoms with Gasteiger partial charge in [0.2, 0.25) is 15.9 Å². The van der Waals surface area contributed by atoms with Crippen LogP contribution in [0.15, 0.2) is 42.6 Å². The van der Waals surface area contributed by atoms with E-state index in [0.29, 0.717) is 5.69 Å². The molecule has 0 saturated heterocycles. The third-order valence-corrected chi connectivity index (χ3v) is 4.88. The number of rotatable bonds is 7. The fourth-order valence-electron chi connectivity index (χ4n) is 2.53. The van der Waals surface area contributed by atoms with Crippen molar-refractivity contribution in [1.82, 2.24) is 9.29 Å². The van der Waals surface area contributed by atoms with Crippen LogP contribution in [0.2, 0.25) is 0 Å². The van der Waals surface area contributed by atoms with Gasteiger partial charge in [-0.2, -0.15) is 4.31 Å². The van der Waals surface area contributed by atoms with Gasteiger partial charge in [0.25, 0.3) is 0 Å². The van der Waals surface area contributed by atoms with Crippen molar-refractivity contribution in [2.45, 2.75) is 26.8 Å². The quantitative estimate of drug-likeness (QED) is 0.822. The molecule has 0 aliphatic carbocycles. The average molecular weight is 361 g/mol. The van der Waals surface area contributed by atoms with Crippen LogP contribution in [0.3, 0.4) is 0 Å². The van der Waals surface area contributed by atoms with Gasteiger partial charge in [0.05, 0.1) is 18.5 Å². The molecule has 0 atom stereocenters. The number of nitrogens with one attached hydrogen (secondary N) is 1. The monoisotopic (exact) mass is 361 g/mol. The highest BCUT2D eigenvalue weighted by molar-refractivity contribution is 7.88. The largest absolute Gasteiger partial charge is 0.326 e. The lowest BCUT2D eigenvalue weighted by atomic mass is 10.1. The first kappa shape index (κ1) is 19.1. The van der Waals surface area contributed by atoms with Crippen LogP contribution in [-0.2, 0) is 21.4 Å². The summed E-state index contributed by atoms with van der Waals surface area (Å²) >= 11 is 0. The number of sulfonamides is 1. The number of aromatic nitrogens is 1. The summed E-state index contributed by atoms with van der Waals surface area (Å²) in [6.45, 7) is 4.17. The van der Waals surface area contributed by atoms with Gasteiger partial charge in [-0.25, -0.2) is 8.42 Å². The van der Waals surface area contributed by atoms with E-state index in [-0.39, 0.29) is 25.4 Å². The minimum absolute atomic E-state index is 0.0763. The second-order valence-electron chi connectivity index (χ2n) is 6.09. The summed E-state index contributed by atoms with van der Waals surface area (Å²) in [5.74, 6) is -0.223. The standard InChI is InChI=1S/C18H23N3O3S/c1-14-10-15(2)12-17(11-14)20-18(22)7-9-21(25(3,23)24)13-16-6-4-5-8-19-16/h4-6,8,10-12H,7,9,13H2,1-3H3,(H,20,22). The first-order chi connectivity index (χ1) is 11.7. The molecule has 0 bridgehead atoms. The van der Waals surface area contributed by atoms with Crippen LogP contribution in [0, 0.1) is 13.8 Å². The van der Waals surface area contributed by atoms with Crippen molar-refractivity contribution in [2.75, 3.05) is 18.1 Å². The Labute approximate surface area is 148 Å². The summed E-state index contributed by atoms with van der Waals surface area (Å²) in [5.41, 5.74) is 3.48. The van der Waals surface area contributed by atoms with Crippen molar-refractivity contribution in [3.8, 4) is 0 Å². The topological polar surface area (TPSA) is 79.4 Å². The Morgan fingerprint density at radius 1 is 1.16 bits per heavy atom. The number of nitrogens with zero attached hydrogens (tertiary/aromatic N) is 2. The highest BCUT2D eigenvalue weighted by atomic mass is 32.2. The Bertz CT molecular complexity index is 816. The maximum absolute atomic E-state index is 12.2. The molecule has 0 aliphatic rings. The lowest BCUT2D eigenvalue weighted by molar-refractivity contribution is -0.116. The van der Waals surface area contributed by atoms with Crippen molar-refractivity contribution in [2.24, 2.45) is 0 Å². The van der Waals surface area contributed by atoms with Gasteiger partial charge >= 0.3 is 0 Å². The van der Waals surface area contributed by atoms with E-state index in [1.807, 2.05) is 32.0 Å². The third-order valence-electron chi connectivity index (χ3n) is 3.63. The zero-order valence-corrected chi connectivity index (χ0v) is 15.5. The smallest absolute Gasteiger partial charge is 0.225 e. The van der Waals surface area contributed by atoms with Gasteiger partial charge < -0.3 is 5.32 Å². The molecule has 0 saturated carbocycles. The van der Waals surface area contributed by atoms with E-state index in [1.165, 1.54) is 4.31 Å². The fraction of sp³-hybridized carbons (Fsp3) is 0.333. The minimum atomic E-state index is -3.43. The van der Waals surface area contributed by atoms with Crippen LogP contribution in [0.25, 0.3) is 0 Å². The second kappa shape index (κ2) is 8.22. The molecule has 1 aromatic carbocycles. The van der Waals surface area contributed by atoms with Crippen molar-refractivity contribution < 1.29 is 13.2 Å². The van der Waals surface area contributed by atoms with E-state index in [4.69, 9.17) is 0 Å². The van der Waals surface area contributed by atoms with Gasteiger partial charge in [-0.15, -0.1) is 0 Å². The molecule has 25 heavy (non-hydrogen) atoms. The van der Waals surface area contributed by atoms with Gasteiger partial charge in [0.1, 0.15) is 0 Å². The van der Waals surface area contributed by atoms with Crippen LogP contribution < -0.4 is 5.32 Å². The number of amides is 1. The molecular weight excluding hydrogens is 338 g/mol. The molecular formula is C18H23N3O3S. The normalized spacial score (nSPS) is 11.5. The third kappa shape index (κ3) is 6.28. The van der Waals surface area contributed by atoms with Crippen molar-refractivity contribution in [1.29, 1.82) is 0 Å². The van der Waals surface area contributed by atoms with Gasteiger partial charge in [-0.3, -0.25) is 9.78 Å². The molecule has 7 heteroatoms. The Hall–Kier alpha value is -2.25. The van der Waals surface area contributed by atoms with Crippen molar-refractivity contribution in [3.05, 3.63) is 59.4 Å². The lowest BCUT2D eigenvalue weighted by Crippen LogP contribution is -2.32. The van der Waals surface area contributed by atoms with Crippen molar-refractivity contribution in [3.63, 3.8) is 0 Å². The second-order valence-corrected chi connectivity index (χ2v) is 8.07. The SMILES string of the molecule is Cc1cc(C)cc(NC(=O)CCN(Cc2ccccn2)S(C)(=O)=O)c1. The fourth-order valence-corrected chi connectivity index (χ4v) is 3.32. The number of hydrogen-bond donors (Lipinski definition) is 1. The summed E-state index contributed by atoms with van der Waals surface area (Å²) in [6, 6.07) is 11.1. The van der Waals surface area contributed by atoms with Crippen molar-refractivity contribution >= 4 is 21.6 Å². The van der Waals surface area contributed by atoms with E-state index >= 15 is 0 Å². The first-order valence-electron chi connectivity index (χ1n) is 7.97. The molecule has 1 aromatic heterocycles. The molecule has 0 unspecified atom stereocenters. The maximum atomic E-state index is 12.2. The van der Waals surface area contributed by atoms with E-state index in [0.717, 1.165) is 23.1 Å². The molecule has 6 nitrogen and oxygen atoms in total. The first-order valence-corrected chi connectivity index (χ1v) is 9.82. The van der Waals surface area contributed by atoms with E-state index in [1.54, 1.807) is 24.4 Å². The van der Waals surface area contributed by atoms with Crippen LogP contribution in [0.1, 0.15) is 23.2 Å². The average Bonchev–Trinajstić information content (AvgIpc) is 2.50. The highest BCUT2D eigenvalue weighted by Gasteiger charge is 2.19. The number of carbonyl (C=O) groups is 1. The summed E-state index contributed by atoms with van der Waals surface area (Å²) < 4.78 is 25.2. The number of anilines is 1. The number of pyridine rings is 1. The zero-order chi connectivity index (χ0) is 18.4. The Balaban J connectivity index is 1.99.